The fraction of sp³-hybridized carbons (Fsp3) is 0.917. The molecule has 0 aromatic rings. The molecule has 0 saturated heterocycles. The van der Waals surface area contributed by atoms with Crippen molar-refractivity contribution < 1.29 is 4.79 Å². The van der Waals surface area contributed by atoms with E-state index >= 15 is 0 Å². The van der Waals surface area contributed by atoms with Crippen LogP contribution in [0.2, 0.25) is 0 Å². The maximum absolute atomic E-state index is 11.6. The minimum absolute atomic E-state index is 0.251. The Morgan fingerprint density at radius 1 is 1.56 bits per heavy atom. The van der Waals surface area contributed by atoms with E-state index in [4.69, 9.17) is 5.73 Å². The number of carbonyl (C=O) groups is 1. The smallest absolute Gasteiger partial charge is 0.238 e. The molecule has 1 unspecified atom stereocenters. The molecule has 1 fully saturated rings. The van der Waals surface area contributed by atoms with Gasteiger partial charge in [-0.1, -0.05) is 6.92 Å². The molecule has 0 heterocycles. The molecule has 16 heavy (non-hydrogen) atoms. The van der Waals surface area contributed by atoms with E-state index < -0.39 is 5.54 Å². The Balaban J connectivity index is 2.64. The molecule has 1 atom stereocenters. The number of likely N-dealkylation sites (N-methyl/N-ethyl adjacent to an activating group) is 1. The second kappa shape index (κ2) is 5.15. The zero-order valence-corrected chi connectivity index (χ0v) is 10.9. The van der Waals surface area contributed by atoms with Crippen LogP contribution in [0, 0.1) is 0 Å². The van der Waals surface area contributed by atoms with E-state index in [9.17, 15) is 4.79 Å². The van der Waals surface area contributed by atoms with Crippen molar-refractivity contribution in [2.24, 2.45) is 5.73 Å². The Morgan fingerprint density at radius 2 is 2.12 bits per heavy atom. The van der Waals surface area contributed by atoms with Gasteiger partial charge in [0.2, 0.25) is 5.91 Å². The van der Waals surface area contributed by atoms with Crippen LogP contribution in [0.25, 0.3) is 0 Å². The standard InChI is InChI=1S/C12H25N3O/c1-5-15(9(2)3)8-12(4,11(13)16)14-10-6-7-10/h9-10,14H,5-8H2,1-4H3,(H2,13,16). The van der Waals surface area contributed by atoms with Crippen LogP contribution in [0.4, 0.5) is 0 Å². The van der Waals surface area contributed by atoms with Gasteiger partial charge in [0.1, 0.15) is 5.54 Å². The third kappa shape index (κ3) is 3.46. The topological polar surface area (TPSA) is 58.4 Å². The summed E-state index contributed by atoms with van der Waals surface area (Å²) in [6.45, 7) is 9.93. The third-order valence-corrected chi connectivity index (χ3v) is 3.30. The maximum atomic E-state index is 11.6. The summed E-state index contributed by atoms with van der Waals surface area (Å²) in [6, 6.07) is 0.924. The van der Waals surface area contributed by atoms with Crippen molar-refractivity contribution in [3.05, 3.63) is 0 Å². The number of nitrogens with two attached hydrogens (primary N) is 1. The van der Waals surface area contributed by atoms with Gasteiger partial charge in [-0.2, -0.15) is 0 Å². The molecular formula is C12H25N3O. The molecule has 1 aliphatic carbocycles. The van der Waals surface area contributed by atoms with Crippen molar-refractivity contribution in [3.8, 4) is 0 Å². The van der Waals surface area contributed by atoms with Gasteiger partial charge in [0.05, 0.1) is 0 Å². The number of nitrogens with one attached hydrogen (secondary N) is 1. The average molecular weight is 227 g/mol. The molecule has 0 radical (unpaired) electrons. The van der Waals surface area contributed by atoms with E-state index in [2.05, 4.69) is 31.0 Å². The first-order valence-electron chi connectivity index (χ1n) is 6.20. The molecule has 1 rings (SSSR count). The highest BCUT2D eigenvalue weighted by Crippen LogP contribution is 2.23. The lowest BCUT2D eigenvalue weighted by atomic mass is 9.99. The minimum Gasteiger partial charge on any atom is -0.368 e. The number of hydrogen-bond acceptors (Lipinski definition) is 3. The van der Waals surface area contributed by atoms with Crippen LogP contribution in [-0.2, 0) is 4.79 Å². The summed E-state index contributed by atoms with van der Waals surface area (Å²) in [5, 5.41) is 3.37. The summed E-state index contributed by atoms with van der Waals surface area (Å²) in [6.07, 6.45) is 2.33. The first-order valence-corrected chi connectivity index (χ1v) is 6.20. The largest absolute Gasteiger partial charge is 0.368 e. The zero-order valence-electron chi connectivity index (χ0n) is 10.9. The van der Waals surface area contributed by atoms with E-state index in [0.29, 0.717) is 18.6 Å². The first kappa shape index (κ1) is 13.5. The molecule has 0 aliphatic heterocycles. The van der Waals surface area contributed by atoms with Crippen molar-refractivity contribution in [1.29, 1.82) is 0 Å². The Kier molecular flexibility index (Phi) is 4.33. The van der Waals surface area contributed by atoms with E-state index in [-0.39, 0.29) is 5.91 Å². The molecule has 0 spiro atoms. The van der Waals surface area contributed by atoms with E-state index in [1.54, 1.807) is 0 Å². The van der Waals surface area contributed by atoms with E-state index in [1.807, 2.05) is 6.92 Å². The predicted octanol–water partition coefficient (Wildman–Crippen LogP) is 0.713. The quantitative estimate of drug-likeness (QED) is 0.673. The second-order valence-corrected chi connectivity index (χ2v) is 5.27. The van der Waals surface area contributed by atoms with Crippen molar-refractivity contribution in [3.63, 3.8) is 0 Å². The van der Waals surface area contributed by atoms with Crippen LogP contribution in [0.15, 0.2) is 0 Å². The van der Waals surface area contributed by atoms with Crippen LogP contribution in [-0.4, -0.2) is 41.5 Å². The first-order chi connectivity index (χ1) is 7.39. The van der Waals surface area contributed by atoms with Crippen LogP contribution < -0.4 is 11.1 Å². The molecule has 3 N–H and O–H groups in total. The Labute approximate surface area is 98.6 Å². The number of primary amides is 1. The van der Waals surface area contributed by atoms with Gasteiger partial charge in [-0.25, -0.2) is 0 Å². The van der Waals surface area contributed by atoms with Crippen LogP contribution >= 0.6 is 0 Å². The lowest BCUT2D eigenvalue weighted by Crippen LogP contribution is -2.61. The SMILES string of the molecule is CCN(CC(C)(NC1CC1)C(N)=O)C(C)C. The molecule has 0 aromatic carbocycles. The predicted molar refractivity (Wildman–Crippen MR) is 66.1 cm³/mol. The molecule has 0 bridgehead atoms. The summed E-state index contributed by atoms with van der Waals surface area (Å²) in [7, 11) is 0. The van der Waals surface area contributed by atoms with Gasteiger partial charge in [-0.3, -0.25) is 15.0 Å². The third-order valence-electron chi connectivity index (χ3n) is 3.30. The highest BCUT2D eigenvalue weighted by atomic mass is 16.1. The van der Waals surface area contributed by atoms with Crippen molar-refractivity contribution >= 4 is 5.91 Å². The summed E-state index contributed by atoms with van der Waals surface area (Å²) in [5.41, 5.74) is 4.93. The van der Waals surface area contributed by atoms with Crippen LogP contribution in [0.1, 0.15) is 40.5 Å². The van der Waals surface area contributed by atoms with Gasteiger partial charge in [-0.15, -0.1) is 0 Å². The molecule has 0 aromatic heterocycles. The molecule has 4 heteroatoms. The molecule has 1 amide bonds. The van der Waals surface area contributed by atoms with Gasteiger partial charge >= 0.3 is 0 Å². The fourth-order valence-electron chi connectivity index (χ4n) is 1.94. The normalized spacial score (nSPS) is 20.1. The molecule has 1 saturated carbocycles. The molecule has 1 aliphatic rings. The summed E-state index contributed by atoms with van der Waals surface area (Å²) in [5.74, 6) is -0.251. The summed E-state index contributed by atoms with van der Waals surface area (Å²) in [4.78, 5) is 13.9. The molecule has 94 valence electrons. The van der Waals surface area contributed by atoms with Crippen molar-refractivity contribution in [2.45, 2.75) is 58.2 Å². The van der Waals surface area contributed by atoms with Gasteiger partial charge in [0.15, 0.2) is 0 Å². The van der Waals surface area contributed by atoms with E-state index in [0.717, 1.165) is 19.4 Å². The maximum Gasteiger partial charge on any atom is 0.238 e. The number of hydrogen-bond donors (Lipinski definition) is 2. The highest BCUT2D eigenvalue weighted by molar-refractivity contribution is 5.84. The van der Waals surface area contributed by atoms with Gasteiger partial charge in [-0.05, 0) is 40.2 Å². The van der Waals surface area contributed by atoms with Crippen LogP contribution in [0.5, 0.6) is 0 Å². The van der Waals surface area contributed by atoms with Gasteiger partial charge in [0.25, 0.3) is 0 Å². The second-order valence-electron chi connectivity index (χ2n) is 5.27. The lowest BCUT2D eigenvalue weighted by Gasteiger charge is -2.35. The number of carbonyl (C=O) groups excluding carboxylic acids is 1. The van der Waals surface area contributed by atoms with Crippen molar-refractivity contribution in [1.82, 2.24) is 10.2 Å². The summed E-state index contributed by atoms with van der Waals surface area (Å²) >= 11 is 0. The highest BCUT2D eigenvalue weighted by Gasteiger charge is 2.38. The number of rotatable bonds is 7. The fourth-order valence-corrected chi connectivity index (χ4v) is 1.94. The Bertz CT molecular complexity index is 251. The Hall–Kier alpha value is -0.610. The van der Waals surface area contributed by atoms with Gasteiger partial charge < -0.3 is 5.73 Å². The number of amides is 1. The Morgan fingerprint density at radius 3 is 2.44 bits per heavy atom. The van der Waals surface area contributed by atoms with E-state index in [1.165, 1.54) is 0 Å². The number of nitrogens with zero attached hydrogens (tertiary/aromatic N) is 1. The van der Waals surface area contributed by atoms with Crippen molar-refractivity contribution in [2.75, 3.05) is 13.1 Å². The zero-order chi connectivity index (χ0) is 12.3. The monoisotopic (exact) mass is 227 g/mol. The van der Waals surface area contributed by atoms with Gasteiger partial charge in [0, 0.05) is 18.6 Å². The molecule has 4 nitrogen and oxygen atoms in total. The minimum atomic E-state index is -0.596. The summed E-state index contributed by atoms with van der Waals surface area (Å²) < 4.78 is 0. The lowest BCUT2D eigenvalue weighted by molar-refractivity contribution is -0.124. The average Bonchev–Trinajstić information content (AvgIpc) is 2.97. The van der Waals surface area contributed by atoms with Crippen LogP contribution in [0.3, 0.4) is 0 Å². The molecular weight excluding hydrogens is 202 g/mol.